The minimum Gasteiger partial charge on any atom is -0.493 e. The van der Waals surface area contributed by atoms with E-state index >= 15 is 0 Å². The Hall–Kier alpha value is -0.900. The first-order chi connectivity index (χ1) is 7.96. The monoisotopic (exact) mass is 264 g/mol. The molecule has 0 spiro atoms. The first-order valence-electron chi connectivity index (χ1n) is 5.42. The standard InChI is InChI=1S/C12H12ClF3O/c13-10(3-5-12(14,15)16)8-1-2-11-9(7-8)4-6-17-11/h1-2,7,10H,3-6H2. The van der Waals surface area contributed by atoms with Crippen LogP contribution in [-0.2, 0) is 6.42 Å². The molecule has 0 fully saturated rings. The summed E-state index contributed by atoms with van der Waals surface area (Å²) in [7, 11) is 0. The lowest BCUT2D eigenvalue weighted by molar-refractivity contribution is -0.135. The van der Waals surface area contributed by atoms with Crippen LogP contribution in [0, 0.1) is 0 Å². The minimum atomic E-state index is -4.15. The van der Waals surface area contributed by atoms with E-state index < -0.39 is 18.0 Å². The van der Waals surface area contributed by atoms with Gasteiger partial charge in [-0.3, -0.25) is 0 Å². The molecular formula is C12H12ClF3O. The highest BCUT2D eigenvalue weighted by Gasteiger charge is 2.28. The number of halogens is 4. The smallest absolute Gasteiger partial charge is 0.389 e. The van der Waals surface area contributed by atoms with E-state index in [2.05, 4.69) is 0 Å². The van der Waals surface area contributed by atoms with Gasteiger partial charge in [0.15, 0.2) is 0 Å². The molecule has 1 aliphatic rings. The van der Waals surface area contributed by atoms with Crippen LogP contribution >= 0.6 is 11.6 Å². The highest BCUT2D eigenvalue weighted by atomic mass is 35.5. The molecule has 94 valence electrons. The number of hydrogen-bond acceptors (Lipinski definition) is 1. The molecule has 0 radical (unpaired) electrons. The Labute approximate surface area is 103 Å². The predicted octanol–water partition coefficient (Wildman–Crippen LogP) is 4.24. The summed E-state index contributed by atoms with van der Waals surface area (Å²) in [5, 5.41) is -0.595. The molecule has 1 aromatic carbocycles. The van der Waals surface area contributed by atoms with E-state index in [4.69, 9.17) is 16.3 Å². The van der Waals surface area contributed by atoms with Gasteiger partial charge in [0.1, 0.15) is 5.75 Å². The predicted molar refractivity (Wildman–Crippen MR) is 59.5 cm³/mol. The molecule has 5 heteroatoms. The molecule has 0 N–H and O–H groups in total. The number of fused-ring (bicyclic) bond motifs is 1. The molecule has 0 saturated heterocycles. The Bertz CT molecular complexity index is 403. The van der Waals surface area contributed by atoms with Crippen molar-refractivity contribution in [3.63, 3.8) is 0 Å². The molecule has 1 unspecified atom stereocenters. The maximum atomic E-state index is 12.1. The Morgan fingerprint density at radius 1 is 1.35 bits per heavy atom. The van der Waals surface area contributed by atoms with Gasteiger partial charge in [0.25, 0.3) is 0 Å². The zero-order valence-electron chi connectivity index (χ0n) is 9.06. The summed E-state index contributed by atoms with van der Waals surface area (Å²) in [6, 6.07) is 5.36. The first-order valence-corrected chi connectivity index (χ1v) is 5.86. The number of hydrogen-bond donors (Lipinski definition) is 0. The quantitative estimate of drug-likeness (QED) is 0.742. The Kier molecular flexibility index (Phi) is 3.52. The van der Waals surface area contributed by atoms with Gasteiger partial charge in [-0.1, -0.05) is 12.1 Å². The molecule has 0 bridgehead atoms. The fraction of sp³-hybridized carbons (Fsp3) is 0.500. The molecule has 0 amide bonds. The molecule has 1 aliphatic heterocycles. The lowest BCUT2D eigenvalue weighted by Crippen LogP contribution is -2.08. The molecule has 0 aromatic heterocycles. The van der Waals surface area contributed by atoms with Crippen molar-refractivity contribution in [3.05, 3.63) is 29.3 Å². The maximum Gasteiger partial charge on any atom is 0.389 e. The fourth-order valence-electron chi connectivity index (χ4n) is 1.86. The third-order valence-corrected chi connectivity index (χ3v) is 3.23. The van der Waals surface area contributed by atoms with Crippen molar-refractivity contribution in [3.8, 4) is 5.75 Å². The van der Waals surface area contributed by atoms with E-state index in [1.54, 1.807) is 12.1 Å². The topological polar surface area (TPSA) is 9.23 Å². The second-order valence-corrected chi connectivity index (χ2v) is 4.61. The highest BCUT2D eigenvalue weighted by molar-refractivity contribution is 6.20. The van der Waals surface area contributed by atoms with Crippen LogP contribution in [0.4, 0.5) is 13.2 Å². The average molecular weight is 265 g/mol. The lowest BCUT2D eigenvalue weighted by atomic mass is 10.0. The van der Waals surface area contributed by atoms with Crippen molar-refractivity contribution in [2.45, 2.75) is 30.8 Å². The van der Waals surface area contributed by atoms with Gasteiger partial charge in [0.2, 0.25) is 0 Å². The molecule has 1 nitrogen and oxygen atoms in total. The molecule has 17 heavy (non-hydrogen) atoms. The van der Waals surface area contributed by atoms with Crippen molar-refractivity contribution in [1.82, 2.24) is 0 Å². The molecule has 1 heterocycles. The number of rotatable bonds is 3. The van der Waals surface area contributed by atoms with Gasteiger partial charge < -0.3 is 4.74 Å². The van der Waals surface area contributed by atoms with Gasteiger partial charge >= 0.3 is 6.18 Å². The number of ether oxygens (including phenoxy) is 1. The SMILES string of the molecule is FC(F)(F)CCC(Cl)c1ccc2c(c1)CCO2. The lowest BCUT2D eigenvalue weighted by Gasteiger charge is -2.12. The summed E-state index contributed by atoms with van der Waals surface area (Å²) in [4.78, 5) is 0. The average Bonchev–Trinajstić information content (AvgIpc) is 2.71. The van der Waals surface area contributed by atoms with Crippen LogP contribution in [0.5, 0.6) is 5.75 Å². The van der Waals surface area contributed by atoms with Crippen LogP contribution in [0.3, 0.4) is 0 Å². The van der Waals surface area contributed by atoms with E-state index in [0.717, 1.165) is 23.3 Å². The summed E-state index contributed by atoms with van der Waals surface area (Å²) in [6.45, 7) is 0.633. The Balaban J connectivity index is 2.02. The van der Waals surface area contributed by atoms with Crippen molar-refractivity contribution in [1.29, 1.82) is 0 Å². The van der Waals surface area contributed by atoms with Crippen LogP contribution in [0.1, 0.15) is 29.3 Å². The summed E-state index contributed by atoms with van der Waals surface area (Å²) >= 11 is 5.97. The van der Waals surface area contributed by atoms with Gasteiger partial charge in [-0.15, -0.1) is 11.6 Å². The summed E-state index contributed by atoms with van der Waals surface area (Å²) < 4.78 is 41.5. The Morgan fingerprint density at radius 2 is 2.12 bits per heavy atom. The zero-order valence-corrected chi connectivity index (χ0v) is 9.81. The van der Waals surface area contributed by atoms with E-state index in [0.29, 0.717) is 6.61 Å². The van der Waals surface area contributed by atoms with Crippen molar-refractivity contribution < 1.29 is 17.9 Å². The second-order valence-electron chi connectivity index (χ2n) is 4.09. The van der Waals surface area contributed by atoms with E-state index in [1.165, 1.54) is 0 Å². The maximum absolute atomic E-state index is 12.1. The van der Waals surface area contributed by atoms with Crippen LogP contribution in [0.25, 0.3) is 0 Å². The van der Waals surface area contributed by atoms with E-state index in [-0.39, 0.29) is 6.42 Å². The molecular weight excluding hydrogens is 253 g/mol. The number of benzene rings is 1. The summed E-state index contributed by atoms with van der Waals surface area (Å²) in [5.41, 5.74) is 1.76. The van der Waals surface area contributed by atoms with Gasteiger partial charge in [-0.05, 0) is 23.6 Å². The van der Waals surface area contributed by atoms with E-state index in [9.17, 15) is 13.2 Å². The van der Waals surface area contributed by atoms with Crippen molar-refractivity contribution >= 4 is 11.6 Å². The van der Waals surface area contributed by atoms with Crippen LogP contribution in [0.2, 0.25) is 0 Å². The first kappa shape index (κ1) is 12.6. The third kappa shape index (κ3) is 3.28. The Morgan fingerprint density at radius 3 is 2.82 bits per heavy atom. The second kappa shape index (κ2) is 4.77. The highest BCUT2D eigenvalue weighted by Crippen LogP contribution is 2.34. The van der Waals surface area contributed by atoms with E-state index in [1.807, 2.05) is 6.07 Å². The summed E-state index contributed by atoms with van der Waals surface area (Å²) in [5.74, 6) is 0.813. The van der Waals surface area contributed by atoms with Gasteiger partial charge in [0.05, 0.1) is 12.0 Å². The van der Waals surface area contributed by atoms with Gasteiger partial charge in [-0.2, -0.15) is 13.2 Å². The third-order valence-electron chi connectivity index (χ3n) is 2.76. The van der Waals surface area contributed by atoms with Crippen LogP contribution in [-0.4, -0.2) is 12.8 Å². The minimum absolute atomic E-state index is 0.0926. The molecule has 1 aromatic rings. The van der Waals surface area contributed by atoms with Crippen molar-refractivity contribution in [2.75, 3.05) is 6.61 Å². The molecule has 2 rings (SSSR count). The largest absolute Gasteiger partial charge is 0.493 e. The summed E-state index contributed by atoms with van der Waals surface area (Å²) in [6.07, 6.45) is -4.29. The molecule has 0 aliphatic carbocycles. The van der Waals surface area contributed by atoms with Gasteiger partial charge in [0, 0.05) is 12.8 Å². The fourth-order valence-corrected chi connectivity index (χ4v) is 2.10. The van der Waals surface area contributed by atoms with Crippen molar-refractivity contribution in [2.24, 2.45) is 0 Å². The molecule has 0 saturated carbocycles. The van der Waals surface area contributed by atoms with Crippen LogP contribution < -0.4 is 4.74 Å². The van der Waals surface area contributed by atoms with Crippen LogP contribution in [0.15, 0.2) is 18.2 Å². The normalized spacial score (nSPS) is 16.5. The number of alkyl halides is 4. The zero-order chi connectivity index (χ0) is 12.5. The molecule has 1 atom stereocenters. The van der Waals surface area contributed by atoms with Gasteiger partial charge in [-0.25, -0.2) is 0 Å².